The molecule has 0 heterocycles. The van der Waals surface area contributed by atoms with Crippen LogP contribution in [0.1, 0.15) is 23.6 Å². The number of halogens is 3. The van der Waals surface area contributed by atoms with Crippen LogP contribution in [-0.2, 0) is 11.4 Å². The Morgan fingerprint density at radius 2 is 1.74 bits per heavy atom. The molecule has 34 heavy (non-hydrogen) atoms. The molecule has 178 valence electrons. The van der Waals surface area contributed by atoms with E-state index in [4.69, 9.17) is 49.0 Å². The lowest BCUT2D eigenvalue weighted by molar-refractivity contribution is -0.127. The summed E-state index contributed by atoms with van der Waals surface area (Å²) in [5.74, 6) is 1.19. The maximum absolute atomic E-state index is 12.3. The van der Waals surface area contributed by atoms with Crippen molar-refractivity contribution in [3.05, 3.63) is 86.4 Å². The van der Waals surface area contributed by atoms with Crippen LogP contribution in [0.15, 0.2) is 59.7 Å². The van der Waals surface area contributed by atoms with E-state index in [9.17, 15) is 4.79 Å². The van der Waals surface area contributed by atoms with Crippen molar-refractivity contribution in [1.82, 2.24) is 5.43 Å². The second-order valence-electron chi connectivity index (χ2n) is 7.30. The fourth-order valence-corrected chi connectivity index (χ4v) is 3.69. The van der Waals surface area contributed by atoms with Gasteiger partial charge in [-0.05, 0) is 73.5 Å². The van der Waals surface area contributed by atoms with Gasteiger partial charge in [-0.3, -0.25) is 4.79 Å². The number of nitrogens with one attached hydrogen (secondary N) is 1. The monoisotopic (exact) mass is 520 g/mol. The predicted molar refractivity (Wildman–Crippen MR) is 136 cm³/mol. The smallest absolute Gasteiger partial charge is 0.280 e. The van der Waals surface area contributed by atoms with Gasteiger partial charge in [0.25, 0.3) is 5.91 Å². The number of rotatable bonds is 9. The Morgan fingerprint density at radius 1 is 1.03 bits per heavy atom. The van der Waals surface area contributed by atoms with Gasteiger partial charge in [-0.1, -0.05) is 40.9 Å². The predicted octanol–water partition coefficient (Wildman–Crippen LogP) is 6.46. The van der Waals surface area contributed by atoms with Crippen molar-refractivity contribution in [3.63, 3.8) is 0 Å². The van der Waals surface area contributed by atoms with Gasteiger partial charge < -0.3 is 14.2 Å². The number of benzene rings is 3. The molecule has 0 saturated carbocycles. The number of hydrogen-bond donors (Lipinski definition) is 1. The number of ether oxygens (including phenoxy) is 3. The highest BCUT2D eigenvalue weighted by Gasteiger charge is 2.15. The van der Waals surface area contributed by atoms with Crippen molar-refractivity contribution in [3.8, 4) is 17.2 Å². The number of amides is 1. The molecule has 0 radical (unpaired) electrons. The summed E-state index contributed by atoms with van der Waals surface area (Å²) in [7, 11) is 1.53. The fraction of sp³-hybridized carbons (Fsp3) is 0.200. The lowest BCUT2D eigenvalue weighted by Crippen LogP contribution is -2.33. The van der Waals surface area contributed by atoms with Crippen LogP contribution < -0.4 is 19.6 Å². The molecule has 0 aromatic heterocycles. The minimum Gasteiger partial charge on any atom is -0.493 e. The zero-order chi connectivity index (χ0) is 24.7. The lowest BCUT2D eigenvalue weighted by atomic mass is 10.2. The Bertz CT molecular complexity index is 1180. The van der Waals surface area contributed by atoms with Gasteiger partial charge in [0, 0.05) is 20.6 Å². The molecule has 0 aliphatic heterocycles. The van der Waals surface area contributed by atoms with Crippen LogP contribution in [0.4, 0.5) is 0 Å². The summed E-state index contributed by atoms with van der Waals surface area (Å²) in [5, 5.41) is 5.66. The Kier molecular flexibility index (Phi) is 9.05. The van der Waals surface area contributed by atoms with Gasteiger partial charge in [0.05, 0.1) is 13.3 Å². The minimum atomic E-state index is -0.751. The molecule has 1 N–H and O–H groups in total. The second kappa shape index (κ2) is 12.0. The first-order chi connectivity index (χ1) is 16.3. The summed E-state index contributed by atoms with van der Waals surface area (Å²) in [5.41, 5.74) is 4.69. The van der Waals surface area contributed by atoms with E-state index >= 15 is 0 Å². The zero-order valence-corrected chi connectivity index (χ0v) is 21.0. The van der Waals surface area contributed by atoms with Gasteiger partial charge in [-0.15, -0.1) is 0 Å². The molecule has 3 rings (SSSR count). The molecular weight excluding hydrogens is 499 g/mol. The number of hydrogen-bond acceptors (Lipinski definition) is 5. The Morgan fingerprint density at radius 3 is 2.41 bits per heavy atom. The highest BCUT2D eigenvalue weighted by atomic mass is 35.5. The first-order valence-corrected chi connectivity index (χ1v) is 11.4. The van der Waals surface area contributed by atoms with E-state index in [0.717, 1.165) is 5.56 Å². The topological polar surface area (TPSA) is 69.2 Å². The molecule has 0 fully saturated rings. The summed E-state index contributed by atoms with van der Waals surface area (Å²) in [6.45, 7) is 3.68. The molecule has 0 aliphatic rings. The molecule has 1 amide bonds. The zero-order valence-electron chi connectivity index (χ0n) is 18.8. The molecule has 6 nitrogen and oxygen atoms in total. The number of methoxy groups -OCH3 is 1. The minimum absolute atomic E-state index is 0.184. The van der Waals surface area contributed by atoms with E-state index in [1.807, 2.05) is 6.92 Å². The first-order valence-electron chi connectivity index (χ1n) is 10.3. The van der Waals surface area contributed by atoms with E-state index < -0.39 is 12.0 Å². The summed E-state index contributed by atoms with van der Waals surface area (Å²) in [6.07, 6.45) is 0.744. The third-order valence-electron chi connectivity index (χ3n) is 4.82. The average Bonchev–Trinajstić information content (AvgIpc) is 2.81. The van der Waals surface area contributed by atoms with Crippen molar-refractivity contribution in [2.24, 2.45) is 5.10 Å². The normalized spacial score (nSPS) is 11.8. The van der Waals surface area contributed by atoms with Gasteiger partial charge in [-0.2, -0.15) is 5.10 Å². The summed E-state index contributed by atoms with van der Waals surface area (Å²) in [6, 6.07) is 15.7. The molecule has 1 unspecified atom stereocenters. The second-order valence-corrected chi connectivity index (χ2v) is 8.55. The summed E-state index contributed by atoms with van der Waals surface area (Å²) >= 11 is 18.3. The van der Waals surface area contributed by atoms with Gasteiger partial charge >= 0.3 is 0 Å². The van der Waals surface area contributed by atoms with Gasteiger partial charge in [-0.25, -0.2) is 5.43 Å². The van der Waals surface area contributed by atoms with E-state index in [0.29, 0.717) is 43.4 Å². The van der Waals surface area contributed by atoms with Crippen LogP contribution in [0.25, 0.3) is 0 Å². The molecule has 3 aromatic carbocycles. The maximum Gasteiger partial charge on any atom is 0.280 e. The van der Waals surface area contributed by atoms with Crippen molar-refractivity contribution in [2.45, 2.75) is 26.6 Å². The molecule has 0 saturated heterocycles. The molecule has 0 aliphatic carbocycles. The quantitative estimate of drug-likeness (QED) is 0.259. The highest BCUT2D eigenvalue weighted by molar-refractivity contribution is 6.36. The van der Waals surface area contributed by atoms with Crippen LogP contribution in [0.5, 0.6) is 17.2 Å². The Labute approximate surface area is 213 Å². The molecule has 0 spiro atoms. The number of nitrogens with zero attached hydrogens (tertiary/aromatic N) is 1. The lowest BCUT2D eigenvalue weighted by Gasteiger charge is -2.15. The first kappa shape index (κ1) is 25.7. The third-order valence-corrected chi connectivity index (χ3v) is 5.76. The average molecular weight is 522 g/mol. The van der Waals surface area contributed by atoms with Crippen molar-refractivity contribution >= 4 is 46.9 Å². The third kappa shape index (κ3) is 6.79. The molecular formula is C25H23Cl3N2O4. The van der Waals surface area contributed by atoms with E-state index in [1.54, 1.807) is 61.5 Å². The number of carbonyl (C=O) groups excluding carboxylic acids is 1. The fourth-order valence-electron chi connectivity index (χ4n) is 2.95. The van der Waals surface area contributed by atoms with E-state index in [-0.39, 0.29) is 6.61 Å². The summed E-state index contributed by atoms with van der Waals surface area (Å²) in [4.78, 5) is 12.3. The number of aryl methyl sites for hydroxylation is 1. The van der Waals surface area contributed by atoms with Crippen LogP contribution in [0, 0.1) is 6.92 Å². The van der Waals surface area contributed by atoms with Crippen molar-refractivity contribution in [2.75, 3.05) is 7.11 Å². The van der Waals surface area contributed by atoms with E-state index in [1.165, 1.54) is 13.3 Å². The molecule has 1 atom stereocenters. The van der Waals surface area contributed by atoms with Gasteiger partial charge in [0.2, 0.25) is 0 Å². The maximum atomic E-state index is 12.3. The van der Waals surface area contributed by atoms with Gasteiger partial charge in [0.15, 0.2) is 17.6 Å². The summed E-state index contributed by atoms with van der Waals surface area (Å²) < 4.78 is 17.0. The SMILES string of the molecule is COc1cc(/C=N/NC(=O)C(C)Oc2ccc(Cl)cc2C)ccc1OCc1c(Cl)cccc1Cl. The standard InChI is InChI=1S/C25H23Cl3N2O4/c1-15-11-18(26)8-10-22(15)34-16(2)25(31)30-29-13-17-7-9-23(24(12-17)32-3)33-14-19-20(27)5-4-6-21(19)28/h4-13,16H,14H2,1-3H3,(H,30,31)/b29-13+. The van der Waals surface area contributed by atoms with Crippen LogP contribution in [-0.4, -0.2) is 25.3 Å². The molecule has 9 heteroatoms. The largest absolute Gasteiger partial charge is 0.493 e. The highest BCUT2D eigenvalue weighted by Crippen LogP contribution is 2.31. The number of carbonyl (C=O) groups is 1. The van der Waals surface area contributed by atoms with Gasteiger partial charge in [0.1, 0.15) is 12.4 Å². The van der Waals surface area contributed by atoms with E-state index in [2.05, 4.69) is 10.5 Å². The van der Waals surface area contributed by atoms with Crippen LogP contribution in [0.2, 0.25) is 15.1 Å². The van der Waals surface area contributed by atoms with Crippen molar-refractivity contribution in [1.29, 1.82) is 0 Å². The Hall–Kier alpha value is -2.93. The molecule has 3 aromatic rings. The van der Waals surface area contributed by atoms with Crippen LogP contribution >= 0.6 is 34.8 Å². The number of hydrazone groups is 1. The Balaban J connectivity index is 1.59. The van der Waals surface area contributed by atoms with Crippen LogP contribution in [0.3, 0.4) is 0 Å². The van der Waals surface area contributed by atoms with Crippen molar-refractivity contribution < 1.29 is 19.0 Å². The molecule has 0 bridgehead atoms.